The number of esters is 1. The van der Waals surface area contributed by atoms with Gasteiger partial charge in [0.05, 0.1) is 18.1 Å². The zero-order chi connectivity index (χ0) is 27.8. The molecule has 0 amide bonds. The molecule has 0 radical (unpaired) electrons. The number of nitrogens with zero attached hydrogens (tertiary/aromatic N) is 1. The number of aryl methyl sites for hydroxylation is 1. The fourth-order valence-corrected chi connectivity index (χ4v) is 6.06. The van der Waals surface area contributed by atoms with Crippen molar-refractivity contribution in [1.29, 1.82) is 0 Å². The van der Waals surface area contributed by atoms with Gasteiger partial charge in [0.2, 0.25) is 0 Å². The molecule has 1 aliphatic heterocycles. The van der Waals surface area contributed by atoms with Crippen molar-refractivity contribution < 1.29 is 14.1 Å². The highest BCUT2D eigenvalue weighted by Crippen LogP contribution is 2.50. The molecule has 1 N–H and O–H groups in total. The van der Waals surface area contributed by atoms with Crippen LogP contribution in [0.1, 0.15) is 48.9 Å². The molecule has 1 aromatic heterocycles. The molecule has 41 heavy (non-hydrogen) atoms. The van der Waals surface area contributed by atoms with Gasteiger partial charge in [-0.1, -0.05) is 108 Å². The number of ether oxygens (including phenoxy) is 1. The number of nitrogens with one attached hydrogen (secondary N) is 1. The van der Waals surface area contributed by atoms with Gasteiger partial charge in [0.1, 0.15) is 11.4 Å². The minimum atomic E-state index is -0.450. The van der Waals surface area contributed by atoms with E-state index in [2.05, 4.69) is 114 Å². The zero-order valence-corrected chi connectivity index (χ0v) is 23.1. The lowest BCUT2D eigenvalue weighted by atomic mass is 9.89. The van der Waals surface area contributed by atoms with E-state index in [1.165, 1.54) is 11.1 Å². The second-order valence-corrected chi connectivity index (χ2v) is 11.0. The molecule has 0 saturated heterocycles. The third-order valence-electron chi connectivity index (χ3n) is 8.50. The molecule has 1 saturated carbocycles. The lowest BCUT2D eigenvalue weighted by Crippen LogP contribution is -2.23. The maximum Gasteiger partial charge on any atom is 0.316 e. The number of benzene rings is 4. The number of hydrogen-bond donors (Lipinski definition) is 1. The van der Waals surface area contributed by atoms with E-state index < -0.39 is 5.41 Å². The van der Waals surface area contributed by atoms with Crippen molar-refractivity contribution in [2.75, 3.05) is 11.9 Å². The first-order valence-electron chi connectivity index (χ1n) is 14.4. The Balaban J connectivity index is 1.13. The van der Waals surface area contributed by atoms with Crippen LogP contribution in [0.25, 0.3) is 33.7 Å². The Morgan fingerprint density at radius 2 is 1.54 bits per heavy atom. The van der Waals surface area contributed by atoms with Gasteiger partial charge in [-0.05, 0) is 60.4 Å². The third kappa shape index (κ3) is 4.61. The second-order valence-electron chi connectivity index (χ2n) is 11.0. The number of rotatable bonds is 8. The predicted octanol–water partition coefficient (Wildman–Crippen LogP) is 8.37. The van der Waals surface area contributed by atoms with E-state index in [0.29, 0.717) is 6.61 Å². The van der Waals surface area contributed by atoms with Crippen molar-refractivity contribution >= 4 is 11.7 Å². The van der Waals surface area contributed by atoms with Gasteiger partial charge in [0.15, 0.2) is 5.76 Å². The first kappa shape index (κ1) is 25.3. The van der Waals surface area contributed by atoms with Crippen LogP contribution >= 0.6 is 0 Å². The molecule has 1 atom stereocenters. The Morgan fingerprint density at radius 1 is 0.878 bits per heavy atom. The molecule has 0 spiro atoms. The van der Waals surface area contributed by atoms with Crippen LogP contribution in [0.15, 0.2) is 108 Å². The van der Waals surface area contributed by atoms with Crippen LogP contribution < -0.4 is 5.32 Å². The van der Waals surface area contributed by atoms with E-state index in [-0.39, 0.29) is 12.0 Å². The number of carbonyl (C=O) groups is 1. The number of fused-ring (bicyclic) bond motifs is 3. The molecule has 5 nitrogen and oxygen atoms in total. The summed E-state index contributed by atoms with van der Waals surface area (Å²) in [4.78, 5) is 12.5. The quantitative estimate of drug-likeness (QED) is 0.200. The van der Waals surface area contributed by atoms with Crippen molar-refractivity contribution in [3.05, 3.63) is 120 Å². The van der Waals surface area contributed by atoms with Crippen LogP contribution in [-0.2, 0) is 21.4 Å². The molecule has 4 aromatic carbocycles. The molecule has 2 aliphatic rings. The third-order valence-corrected chi connectivity index (χ3v) is 8.50. The molecule has 204 valence electrons. The Bertz CT molecular complexity index is 1680. The number of anilines is 1. The molecule has 5 heteroatoms. The predicted molar refractivity (Wildman–Crippen MR) is 161 cm³/mol. The molecule has 1 aliphatic carbocycles. The Labute approximate surface area is 240 Å². The number of carbonyl (C=O) groups excluding carboxylic acids is 1. The van der Waals surface area contributed by atoms with E-state index in [1.54, 1.807) is 0 Å². The first-order chi connectivity index (χ1) is 20.2. The monoisotopic (exact) mass is 540 g/mol. The van der Waals surface area contributed by atoms with Gasteiger partial charge < -0.3 is 14.6 Å². The Kier molecular flexibility index (Phi) is 6.43. The first-order valence-corrected chi connectivity index (χ1v) is 14.4. The summed E-state index contributed by atoms with van der Waals surface area (Å²) >= 11 is 0. The molecular weight excluding hydrogens is 508 g/mol. The lowest BCUT2D eigenvalue weighted by Gasteiger charge is -2.27. The van der Waals surface area contributed by atoms with Gasteiger partial charge in [0.25, 0.3) is 0 Å². The highest BCUT2D eigenvalue weighted by atomic mass is 16.5. The summed E-state index contributed by atoms with van der Waals surface area (Å²) in [6.45, 7) is 2.27. The molecule has 2 heterocycles. The normalized spacial score (nSPS) is 16.3. The zero-order valence-electron chi connectivity index (χ0n) is 23.1. The van der Waals surface area contributed by atoms with Gasteiger partial charge in [-0.25, -0.2) is 0 Å². The van der Waals surface area contributed by atoms with Crippen LogP contribution in [0.2, 0.25) is 0 Å². The second kappa shape index (κ2) is 10.4. The molecule has 7 rings (SSSR count). The largest absolute Gasteiger partial charge is 0.465 e. The summed E-state index contributed by atoms with van der Waals surface area (Å²) in [6, 6.07) is 36.0. The minimum absolute atomic E-state index is 0.106. The van der Waals surface area contributed by atoms with Gasteiger partial charge in [-0.15, -0.1) is 0 Å². The van der Waals surface area contributed by atoms with Crippen molar-refractivity contribution in [2.45, 2.75) is 44.1 Å². The van der Waals surface area contributed by atoms with Crippen LogP contribution in [0.4, 0.5) is 5.69 Å². The smallest absolute Gasteiger partial charge is 0.316 e. The van der Waals surface area contributed by atoms with Crippen molar-refractivity contribution in [3.8, 4) is 33.7 Å². The highest BCUT2D eigenvalue weighted by Gasteiger charge is 2.52. The van der Waals surface area contributed by atoms with E-state index in [1.807, 2.05) is 6.92 Å². The van der Waals surface area contributed by atoms with Gasteiger partial charge >= 0.3 is 5.97 Å². The highest BCUT2D eigenvalue weighted by molar-refractivity contribution is 5.90. The van der Waals surface area contributed by atoms with Crippen LogP contribution in [0.3, 0.4) is 0 Å². The van der Waals surface area contributed by atoms with Gasteiger partial charge in [-0.3, -0.25) is 4.79 Å². The van der Waals surface area contributed by atoms with E-state index in [0.717, 1.165) is 70.6 Å². The Hall–Kier alpha value is -4.64. The maximum absolute atomic E-state index is 12.5. The fourth-order valence-electron chi connectivity index (χ4n) is 6.06. The van der Waals surface area contributed by atoms with Crippen molar-refractivity contribution in [1.82, 2.24) is 5.16 Å². The number of aromatic nitrogens is 1. The average Bonchev–Trinajstić information content (AvgIpc) is 3.74. The maximum atomic E-state index is 12.5. The topological polar surface area (TPSA) is 64.4 Å². The molecule has 0 bridgehead atoms. The molecule has 5 aromatic rings. The standard InChI is InChI=1S/C36H32N2O3/c1-2-40-35(39)36(22-23-36)28-19-17-26(18-20-28)25-13-15-27(16-14-25)34-33-32(38-41-34)30-11-7-6-10-29(30)31(37-33)21-12-24-8-4-3-5-9-24/h3-11,13-20,31,37H,2,12,21-23H2,1H3. The molecule has 1 fully saturated rings. The van der Waals surface area contributed by atoms with Gasteiger partial charge in [-0.2, -0.15) is 0 Å². The van der Waals surface area contributed by atoms with Crippen LogP contribution in [0, 0.1) is 0 Å². The SMILES string of the molecule is CCOC(=O)C1(c2ccc(-c3ccc(-c4onc5c4NC(CCc4ccccc4)c4ccccc4-5)cc3)cc2)CC1. The molecular formula is C36H32N2O3. The van der Waals surface area contributed by atoms with E-state index in [4.69, 9.17) is 9.26 Å². The summed E-state index contributed by atoms with van der Waals surface area (Å²) < 4.78 is 11.3. The van der Waals surface area contributed by atoms with E-state index in [9.17, 15) is 4.79 Å². The Morgan fingerprint density at radius 3 is 2.24 bits per heavy atom. The average molecular weight is 541 g/mol. The minimum Gasteiger partial charge on any atom is -0.465 e. The lowest BCUT2D eigenvalue weighted by molar-refractivity contribution is -0.146. The van der Waals surface area contributed by atoms with Gasteiger partial charge in [0, 0.05) is 11.1 Å². The van der Waals surface area contributed by atoms with Crippen LogP contribution in [-0.4, -0.2) is 17.7 Å². The fraction of sp³-hybridized carbons (Fsp3) is 0.222. The summed E-state index contributed by atoms with van der Waals surface area (Å²) in [5.41, 5.74) is 9.31. The number of hydrogen-bond acceptors (Lipinski definition) is 5. The summed E-state index contributed by atoms with van der Waals surface area (Å²) in [6.07, 6.45) is 3.66. The van der Waals surface area contributed by atoms with Crippen molar-refractivity contribution in [3.63, 3.8) is 0 Å². The summed E-state index contributed by atoms with van der Waals surface area (Å²) in [5, 5.41) is 8.27. The summed E-state index contributed by atoms with van der Waals surface area (Å²) in [5.74, 6) is 0.650. The van der Waals surface area contributed by atoms with E-state index >= 15 is 0 Å². The van der Waals surface area contributed by atoms with Crippen molar-refractivity contribution in [2.24, 2.45) is 0 Å². The molecule has 1 unspecified atom stereocenters. The van der Waals surface area contributed by atoms with Crippen LogP contribution in [0.5, 0.6) is 0 Å². The summed E-state index contributed by atoms with van der Waals surface area (Å²) in [7, 11) is 0.